The molecule has 1 aromatic heterocycles. The highest BCUT2D eigenvalue weighted by atomic mass is 19.1. The zero-order chi connectivity index (χ0) is 11.5. The molecular formula is C12H11FN2O. The van der Waals surface area contributed by atoms with Crippen LogP contribution in [0.25, 0.3) is 0 Å². The Morgan fingerprint density at radius 3 is 2.94 bits per heavy atom. The lowest BCUT2D eigenvalue weighted by molar-refractivity contribution is 0.624. The maximum atomic E-state index is 12.9. The maximum absolute atomic E-state index is 12.9. The van der Waals surface area contributed by atoms with Crippen molar-refractivity contribution in [3.8, 4) is 0 Å². The predicted octanol–water partition coefficient (Wildman–Crippen LogP) is 1.74. The summed E-state index contributed by atoms with van der Waals surface area (Å²) in [6, 6.07) is 6.23. The zero-order valence-corrected chi connectivity index (χ0v) is 8.85. The minimum atomic E-state index is -0.300. The standard InChI is InChI=1S/C12H11FN2O/c1-9-7-11(13)4-3-10(9)8-15-6-2-5-14-12(15)16/h2-7H,8H2,1H3. The number of benzene rings is 1. The summed E-state index contributed by atoms with van der Waals surface area (Å²) in [6.45, 7) is 2.23. The molecule has 0 aliphatic rings. The summed E-state index contributed by atoms with van der Waals surface area (Å²) in [5, 5.41) is 0. The van der Waals surface area contributed by atoms with Crippen LogP contribution in [0.2, 0.25) is 0 Å². The van der Waals surface area contributed by atoms with Gasteiger partial charge in [-0.3, -0.25) is 4.57 Å². The van der Waals surface area contributed by atoms with E-state index in [0.717, 1.165) is 11.1 Å². The first-order valence-corrected chi connectivity index (χ1v) is 4.93. The summed E-state index contributed by atoms with van der Waals surface area (Å²) in [5.41, 5.74) is 1.44. The van der Waals surface area contributed by atoms with Crippen molar-refractivity contribution >= 4 is 0 Å². The molecule has 0 unspecified atom stereocenters. The van der Waals surface area contributed by atoms with E-state index >= 15 is 0 Å². The van der Waals surface area contributed by atoms with Crippen molar-refractivity contribution in [2.45, 2.75) is 13.5 Å². The van der Waals surface area contributed by atoms with Crippen molar-refractivity contribution in [2.24, 2.45) is 0 Å². The summed E-state index contributed by atoms with van der Waals surface area (Å²) >= 11 is 0. The van der Waals surface area contributed by atoms with Gasteiger partial charge in [0, 0.05) is 12.4 Å². The minimum Gasteiger partial charge on any atom is -0.295 e. The number of rotatable bonds is 2. The van der Waals surface area contributed by atoms with E-state index in [9.17, 15) is 9.18 Å². The second-order valence-electron chi connectivity index (χ2n) is 3.60. The van der Waals surface area contributed by atoms with Gasteiger partial charge in [0.05, 0.1) is 6.54 Å². The van der Waals surface area contributed by atoms with Crippen LogP contribution in [0.5, 0.6) is 0 Å². The minimum absolute atomic E-state index is 0.264. The molecule has 4 heteroatoms. The van der Waals surface area contributed by atoms with E-state index in [-0.39, 0.29) is 11.5 Å². The van der Waals surface area contributed by atoms with E-state index < -0.39 is 0 Å². The Hall–Kier alpha value is -1.97. The number of halogens is 1. The molecule has 0 saturated carbocycles. The molecule has 0 spiro atoms. The van der Waals surface area contributed by atoms with E-state index in [1.54, 1.807) is 18.3 Å². The highest BCUT2D eigenvalue weighted by molar-refractivity contribution is 5.26. The van der Waals surface area contributed by atoms with Crippen LogP contribution in [0.15, 0.2) is 41.5 Å². The van der Waals surface area contributed by atoms with Crippen molar-refractivity contribution in [1.82, 2.24) is 9.55 Å². The van der Waals surface area contributed by atoms with Gasteiger partial charge in [-0.1, -0.05) is 6.07 Å². The fourth-order valence-electron chi connectivity index (χ4n) is 1.53. The topological polar surface area (TPSA) is 34.9 Å². The number of nitrogens with zero attached hydrogens (tertiary/aromatic N) is 2. The molecule has 16 heavy (non-hydrogen) atoms. The highest BCUT2D eigenvalue weighted by Gasteiger charge is 2.02. The van der Waals surface area contributed by atoms with Crippen molar-refractivity contribution in [3.05, 3.63) is 64.1 Å². The summed E-state index contributed by atoms with van der Waals surface area (Å²) < 4.78 is 14.4. The molecule has 3 nitrogen and oxygen atoms in total. The van der Waals surface area contributed by atoms with E-state index in [0.29, 0.717) is 6.54 Å². The van der Waals surface area contributed by atoms with E-state index in [1.165, 1.54) is 22.9 Å². The van der Waals surface area contributed by atoms with Gasteiger partial charge in [0.25, 0.3) is 0 Å². The van der Waals surface area contributed by atoms with Gasteiger partial charge in [0.2, 0.25) is 0 Å². The molecule has 0 N–H and O–H groups in total. The Morgan fingerprint density at radius 2 is 2.25 bits per heavy atom. The van der Waals surface area contributed by atoms with E-state index in [2.05, 4.69) is 4.98 Å². The quantitative estimate of drug-likeness (QED) is 0.769. The highest BCUT2D eigenvalue weighted by Crippen LogP contribution is 2.10. The molecule has 0 atom stereocenters. The molecule has 2 aromatic rings. The fourth-order valence-corrected chi connectivity index (χ4v) is 1.53. The van der Waals surface area contributed by atoms with Crippen LogP contribution in [0.4, 0.5) is 4.39 Å². The summed E-state index contributed by atoms with van der Waals surface area (Å²) in [6.07, 6.45) is 3.12. The Balaban J connectivity index is 2.35. The molecular weight excluding hydrogens is 207 g/mol. The van der Waals surface area contributed by atoms with Gasteiger partial charge in [-0.2, -0.15) is 0 Å². The molecule has 0 saturated heterocycles. The van der Waals surface area contributed by atoms with Gasteiger partial charge >= 0.3 is 5.69 Å². The van der Waals surface area contributed by atoms with Crippen LogP contribution in [-0.4, -0.2) is 9.55 Å². The molecule has 0 bridgehead atoms. The molecule has 0 fully saturated rings. The SMILES string of the molecule is Cc1cc(F)ccc1Cn1cccnc1=O. The molecule has 2 rings (SSSR count). The van der Waals surface area contributed by atoms with Crippen LogP contribution < -0.4 is 5.69 Å². The van der Waals surface area contributed by atoms with Crippen LogP contribution in [0.1, 0.15) is 11.1 Å². The van der Waals surface area contributed by atoms with Gasteiger partial charge in [-0.25, -0.2) is 14.2 Å². The van der Waals surface area contributed by atoms with Gasteiger partial charge < -0.3 is 0 Å². The molecule has 1 heterocycles. The van der Waals surface area contributed by atoms with Crippen LogP contribution >= 0.6 is 0 Å². The lowest BCUT2D eigenvalue weighted by Crippen LogP contribution is -2.22. The zero-order valence-electron chi connectivity index (χ0n) is 8.85. The molecule has 0 aliphatic heterocycles. The lowest BCUT2D eigenvalue weighted by atomic mass is 10.1. The third kappa shape index (κ3) is 2.16. The summed E-state index contributed by atoms with van der Waals surface area (Å²) in [7, 11) is 0. The Kier molecular flexibility index (Phi) is 2.81. The second-order valence-corrected chi connectivity index (χ2v) is 3.60. The third-order valence-corrected chi connectivity index (χ3v) is 2.43. The Morgan fingerprint density at radius 1 is 1.44 bits per heavy atom. The number of aryl methyl sites for hydroxylation is 1. The largest absolute Gasteiger partial charge is 0.347 e. The van der Waals surface area contributed by atoms with E-state index in [4.69, 9.17) is 0 Å². The van der Waals surface area contributed by atoms with Crippen molar-refractivity contribution in [2.75, 3.05) is 0 Å². The van der Waals surface area contributed by atoms with Crippen molar-refractivity contribution in [3.63, 3.8) is 0 Å². The predicted molar refractivity (Wildman–Crippen MR) is 58.7 cm³/mol. The molecule has 1 aromatic carbocycles. The third-order valence-electron chi connectivity index (χ3n) is 2.43. The average Bonchev–Trinajstić information content (AvgIpc) is 2.25. The molecule has 0 amide bonds. The van der Waals surface area contributed by atoms with Gasteiger partial charge in [0.15, 0.2) is 0 Å². The number of hydrogen-bond donors (Lipinski definition) is 0. The van der Waals surface area contributed by atoms with Crippen LogP contribution in [-0.2, 0) is 6.54 Å². The van der Waals surface area contributed by atoms with Gasteiger partial charge in [-0.15, -0.1) is 0 Å². The second kappa shape index (κ2) is 4.26. The first-order valence-electron chi connectivity index (χ1n) is 4.93. The number of hydrogen-bond acceptors (Lipinski definition) is 2. The van der Waals surface area contributed by atoms with Gasteiger partial charge in [0.1, 0.15) is 5.82 Å². The van der Waals surface area contributed by atoms with Gasteiger partial charge in [-0.05, 0) is 36.2 Å². The van der Waals surface area contributed by atoms with Crippen molar-refractivity contribution < 1.29 is 4.39 Å². The Bertz CT molecular complexity index is 563. The monoisotopic (exact) mass is 218 g/mol. The summed E-state index contributed by atoms with van der Waals surface area (Å²) in [4.78, 5) is 15.0. The maximum Gasteiger partial charge on any atom is 0.347 e. The van der Waals surface area contributed by atoms with Crippen LogP contribution in [0.3, 0.4) is 0 Å². The van der Waals surface area contributed by atoms with E-state index in [1.807, 2.05) is 6.92 Å². The Labute approximate surface area is 92.2 Å². The molecule has 0 aliphatic carbocycles. The molecule has 82 valence electrons. The molecule has 0 radical (unpaired) electrons. The van der Waals surface area contributed by atoms with Crippen LogP contribution in [0, 0.1) is 12.7 Å². The van der Waals surface area contributed by atoms with Crippen molar-refractivity contribution in [1.29, 1.82) is 0 Å². The average molecular weight is 218 g/mol. The first-order chi connectivity index (χ1) is 7.66. The normalized spacial score (nSPS) is 10.4. The smallest absolute Gasteiger partial charge is 0.295 e. The summed E-state index contributed by atoms with van der Waals surface area (Å²) in [5.74, 6) is -0.264. The fraction of sp³-hybridized carbons (Fsp3) is 0.167. The first kappa shape index (κ1) is 10.5. The number of aromatic nitrogens is 2. The lowest BCUT2D eigenvalue weighted by Gasteiger charge is -2.07.